The molecule has 0 aromatic heterocycles. The van der Waals surface area contributed by atoms with E-state index in [2.05, 4.69) is 17.6 Å². The summed E-state index contributed by atoms with van der Waals surface area (Å²) in [4.78, 5) is 11.8. The molecule has 2 N–H and O–H groups in total. The second-order valence-corrected chi connectivity index (χ2v) is 4.13. The lowest BCUT2D eigenvalue weighted by atomic mass is 9.99. The van der Waals surface area contributed by atoms with Gasteiger partial charge in [0, 0.05) is 19.2 Å². The third-order valence-corrected chi connectivity index (χ3v) is 3.04. The van der Waals surface area contributed by atoms with Crippen LogP contribution in [0.2, 0.25) is 0 Å². The van der Waals surface area contributed by atoms with Gasteiger partial charge in [0.25, 0.3) is 0 Å². The van der Waals surface area contributed by atoms with Gasteiger partial charge in [-0.25, -0.2) is 0 Å². The molecule has 0 saturated carbocycles. The third-order valence-electron chi connectivity index (χ3n) is 3.04. The summed E-state index contributed by atoms with van der Waals surface area (Å²) >= 11 is 0. The zero-order valence-electron chi connectivity index (χ0n) is 9.88. The Morgan fingerprint density at radius 1 is 1.67 bits per heavy atom. The molecule has 15 heavy (non-hydrogen) atoms. The first kappa shape index (κ1) is 12.5. The zero-order chi connectivity index (χ0) is 11.3. The van der Waals surface area contributed by atoms with Crippen molar-refractivity contribution < 1.29 is 9.53 Å². The molecule has 4 nitrogen and oxygen atoms in total. The standard InChI is InChI=1S/C11H22N2O2/c1-4-10(15-3)11(14)13-9-6-5-7-12-8(9)2/h8-10,12H,4-7H2,1-3H3,(H,13,14). The Bertz CT molecular complexity index is 205. The highest BCUT2D eigenvalue weighted by Crippen LogP contribution is 2.09. The van der Waals surface area contributed by atoms with Gasteiger partial charge in [0.05, 0.1) is 0 Å². The first-order chi connectivity index (χ1) is 7.19. The summed E-state index contributed by atoms with van der Waals surface area (Å²) in [6.45, 7) is 5.11. The number of carbonyl (C=O) groups excluding carboxylic acids is 1. The van der Waals surface area contributed by atoms with E-state index in [0.717, 1.165) is 25.8 Å². The van der Waals surface area contributed by atoms with Crippen LogP contribution in [0.25, 0.3) is 0 Å². The van der Waals surface area contributed by atoms with Gasteiger partial charge in [-0.1, -0.05) is 6.92 Å². The molecule has 88 valence electrons. The monoisotopic (exact) mass is 214 g/mol. The summed E-state index contributed by atoms with van der Waals surface area (Å²) in [6, 6.07) is 0.604. The lowest BCUT2D eigenvalue weighted by molar-refractivity contribution is -0.132. The van der Waals surface area contributed by atoms with Crippen molar-refractivity contribution in [2.75, 3.05) is 13.7 Å². The van der Waals surface area contributed by atoms with Crippen LogP contribution in [0.4, 0.5) is 0 Å². The molecule has 0 bridgehead atoms. The van der Waals surface area contributed by atoms with Crippen LogP contribution in [0.15, 0.2) is 0 Å². The average Bonchev–Trinajstić information content (AvgIpc) is 2.23. The van der Waals surface area contributed by atoms with Gasteiger partial charge in [-0.15, -0.1) is 0 Å². The van der Waals surface area contributed by atoms with Crippen molar-refractivity contribution in [1.82, 2.24) is 10.6 Å². The van der Waals surface area contributed by atoms with E-state index >= 15 is 0 Å². The number of nitrogens with one attached hydrogen (secondary N) is 2. The number of carbonyl (C=O) groups is 1. The highest BCUT2D eigenvalue weighted by atomic mass is 16.5. The molecule has 1 aliphatic heterocycles. The lowest BCUT2D eigenvalue weighted by Crippen LogP contribution is -2.54. The van der Waals surface area contributed by atoms with Gasteiger partial charge < -0.3 is 15.4 Å². The van der Waals surface area contributed by atoms with Crippen LogP contribution in [0.5, 0.6) is 0 Å². The Morgan fingerprint density at radius 3 is 2.93 bits per heavy atom. The van der Waals surface area contributed by atoms with Gasteiger partial charge in [0.15, 0.2) is 0 Å². The first-order valence-electron chi connectivity index (χ1n) is 5.75. The molecule has 1 aliphatic rings. The maximum atomic E-state index is 11.8. The molecular weight excluding hydrogens is 192 g/mol. The molecule has 1 rings (SSSR count). The first-order valence-corrected chi connectivity index (χ1v) is 5.75. The van der Waals surface area contributed by atoms with Gasteiger partial charge >= 0.3 is 0 Å². The van der Waals surface area contributed by atoms with E-state index < -0.39 is 0 Å². The number of ether oxygens (including phenoxy) is 1. The number of piperidine rings is 1. The molecule has 1 amide bonds. The highest BCUT2D eigenvalue weighted by molar-refractivity contribution is 5.81. The molecule has 1 heterocycles. The largest absolute Gasteiger partial charge is 0.372 e. The average molecular weight is 214 g/mol. The molecule has 0 spiro atoms. The molecule has 3 atom stereocenters. The topological polar surface area (TPSA) is 50.4 Å². The molecule has 0 aromatic carbocycles. The summed E-state index contributed by atoms with van der Waals surface area (Å²) in [6.07, 6.45) is 2.59. The van der Waals surface area contributed by atoms with Crippen LogP contribution in [0.3, 0.4) is 0 Å². The Balaban J connectivity index is 2.41. The molecule has 1 fully saturated rings. The number of methoxy groups -OCH3 is 1. The van der Waals surface area contributed by atoms with E-state index in [0.29, 0.717) is 6.04 Å². The van der Waals surface area contributed by atoms with Crippen molar-refractivity contribution in [2.24, 2.45) is 0 Å². The van der Waals surface area contributed by atoms with Crippen LogP contribution in [0.1, 0.15) is 33.1 Å². The van der Waals surface area contributed by atoms with E-state index in [1.807, 2.05) is 6.92 Å². The Hall–Kier alpha value is -0.610. The Morgan fingerprint density at radius 2 is 2.40 bits per heavy atom. The van der Waals surface area contributed by atoms with Crippen LogP contribution < -0.4 is 10.6 Å². The summed E-state index contributed by atoms with van der Waals surface area (Å²) in [5.74, 6) is 0.0144. The number of hydrogen-bond donors (Lipinski definition) is 2. The minimum Gasteiger partial charge on any atom is -0.372 e. The van der Waals surface area contributed by atoms with E-state index in [1.54, 1.807) is 7.11 Å². The van der Waals surface area contributed by atoms with Gasteiger partial charge in [0.1, 0.15) is 6.10 Å². The van der Waals surface area contributed by atoms with Gasteiger partial charge in [-0.3, -0.25) is 4.79 Å². The molecule has 1 saturated heterocycles. The summed E-state index contributed by atoms with van der Waals surface area (Å²) < 4.78 is 5.11. The predicted molar refractivity (Wildman–Crippen MR) is 59.7 cm³/mol. The van der Waals surface area contributed by atoms with E-state index in [1.165, 1.54) is 0 Å². The normalized spacial score (nSPS) is 28.5. The number of amides is 1. The SMILES string of the molecule is CCC(OC)C(=O)NC1CCCNC1C. The second kappa shape index (κ2) is 6.08. The second-order valence-electron chi connectivity index (χ2n) is 4.13. The van der Waals surface area contributed by atoms with Crippen molar-refractivity contribution in [3.63, 3.8) is 0 Å². The maximum absolute atomic E-state index is 11.8. The Kier molecular flexibility index (Phi) is 5.05. The van der Waals surface area contributed by atoms with Crippen LogP contribution in [-0.2, 0) is 9.53 Å². The van der Waals surface area contributed by atoms with Gasteiger partial charge in [-0.05, 0) is 32.7 Å². The van der Waals surface area contributed by atoms with Crippen molar-refractivity contribution >= 4 is 5.91 Å². The fourth-order valence-corrected chi connectivity index (χ4v) is 1.98. The van der Waals surface area contributed by atoms with Crippen molar-refractivity contribution in [3.05, 3.63) is 0 Å². The molecule has 0 radical (unpaired) electrons. The Labute approximate surface area is 91.8 Å². The predicted octanol–water partition coefficient (Wildman–Crippen LogP) is 0.668. The smallest absolute Gasteiger partial charge is 0.249 e. The molecule has 0 aliphatic carbocycles. The van der Waals surface area contributed by atoms with Crippen molar-refractivity contribution in [3.8, 4) is 0 Å². The molecule has 0 aromatic rings. The molecular formula is C11H22N2O2. The zero-order valence-corrected chi connectivity index (χ0v) is 9.88. The lowest BCUT2D eigenvalue weighted by Gasteiger charge is -2.31. The van der Waals surface area contributed by atoms with E-state index in [4.69, 9.17) is 4.74 Å². The van der Waals surface area contributed by atoms with Crippen LogP contribution in [0, 0.1) is 0 Å². The molecule has 4 heteroatoms. The minimum atomic E-state index is -0.306. The fraction of sp³-hybridized carbons (Fsp3) is 0.909. The molecule has 3 unspecified atom stereocenters. The van der Waals surface area contributed by atoms with Crippen LogP contribution in [-0.4, -0.2) is 37.7 Å². The van der Waals surface area contributed by atoms with E-state index in [-0.39, 0.29) is 18.1 Å². The highest BCUT2D eigenvalue weighted by Gasteiger charge is 2.25. The van der Waals surface area contributed by atoms with Crippen LogP contribution >= 0.6 is 0 Å². The van der Waals surface area contributed by atoms with Crippen molar-refractivity contribution in [2.45, 2.75) is 51.3 Å². The fourth-order valence-electron chi connectivity index (χ4n) is 1.98. The summed E-state index contributed by atoms with van der Waals surface area (Å²) in [7, 11) is 1.58. The van der Waals surface area contributed by atoms with Crippen molar-refractivity contribution in [1.29, 1.82) is 0 Å². The quantitative estimate of drug-likeness (QED) is 0.723. The van der Waals surface area contributed by atoms with Gasteiger partial charge in [0.2, 0.25) is 5.91 Å². The minimum absolute atomic E-state index is 0.0144. The van der Waals surface area contributed by atoms with E-state index in [9.17, 15) is 4.79 Å². The number of hydrogen-bond acceptors (Lipinski definition) is 3. The summed E-state index contributed by atoms with van der Waals surface area (Å²) in [5.41, 5.74) is 0. The third kappa shape index (κ3) is 3.47. The number of rotatable bonds is 4. The van der Waals surface area contributed by atoms with Gasteiger partial charge in [-0.2, -0.15) is 0 Å². The maximum Gasteiger partial charge on any atom is 0.249 e. The summed E-state index contributed by atoms with van der Waals surface area (Å²) in [5, 5.41) is 6.40.